The smallest absolute Gasteiger partial charge is 0.136 e. The maximum atomic E-state index is 6.35. The van der Waals surface area contributed by atoms with Gasteiger partial charge in [-0.05, 0) is 109 Å². The number of rotatable bonds is 8. The number of para-hydroxylation sites is 2. The standard InChI is InChI=1S/C65H43NO/c1-3-23-48(24-4-1)65(49-25-5-2-6-26-49)57-33-12-9-29-55(57)64-58(65)34-18-36-60(64)66(50-41-39-45(40-42-50)54-32-17-38-62-63(54)56-30-11-14-37-61(56)67-62)59-35-13-10-28-53(59)47-22-15-21-46(43-47)52-31-16-20-44-19-7-8-27-51(44)52/h1-43H. The third-order valence-electron chi connectivity index (χ3n) is 14.0. The summed E-state index contributed by atoms with van der Waals surface area (Å²) in [4.78, 5) is 2.50. The molecule has 0 saturated heterocycles. The van der Waals surface area contributed by atoms with Crippen molar-refractivity contribution >= 4 is 49.8 Å². The minimum absolute atomic E-state index is 0.543. The highest BCUT2D eigenvalue weighted by molar-refractivity contribution is 6.12. The Hall–Kier alpha value is -8.72. The highest BCUT2D eigenvalue weighted by Crippen LogP contribution is 2.60. The van der Waals surface area contributed by atoms with Crippen molar-refractivity contribution in [3.63, 3.8) is 0 Å². The van der Waals surface area contributed by atoms with Crippen LogP contribution in [-0.4, -0.2) is 0 Å². The van der Waals surface area contributed by atoms with Crippen molar-refractivity contribution < 1.29 is 4.42 Å². The summed E-state index contributed by atoms with van der Waals surface area (Å²) in [6.45, 7) is 0. The van der Waals surface area contributed by atoms with Gasteiger partial charge in [-0.1, -0.05) is 218 Å². The summed E-state index contributed by atoms with van der Waals surface area (Å²) in [5, 5.41) is 4.74. The van der Waals surface area contributed by atoms with Crippen LogP contribution < -0.4 is 4.90 Å². The predicted molar refractivity (Wildman–Crippen MR) is 280 cm³/mol. The van der Waals surface area contributed by atoms with Gasteiger partial charge in [0.15, 0.2) is 0 Å². The Kier molecular flexibility index (Phi) is 9.11. The molecule has 12 aromatic rings. The fourth-order valence-corrected chi connectivity index (χ4v) is 11.1. The molecule has 0 atom stereocenters. The monoisotopic (exact) mass is 853 g/mol. The summed E-state index contributed by atoms with van der Waals surface area (Å²) >= 11 is 0. The zero-order valence-corrected chi connectivity index (χ0v) is 36.7. The lowest BCUT2D eigenvalue weighted by Crippen LogP contribution is -2.28. The van der Waals surface area contributed by atoms with Crippen LogP contribution in [0.5, 0.6) is 0 Å². The van der Waals surface area contributed by atoms with Crippen molar-refractivity contribution in [2.24, 2.45) is 0 Å². The topological polar surface area (TPSA) is 16.4 Å². The number of hydrogen-bond acceptors (Lipinski definition) is 2. The molecule has 0 radical (unpaired) electrons. The van der Waals surface area contributed by atoms with Crippen molar-refractivity contribution in [1.29, 1.82) is 0 Å². The lowest BCUT2D eigenvalue weighted by Gasteiger charge is -2.34. The maximum absolute atomic E-state index is 6.35. The van der Waals surface area contributed by atoms with Gasteiger partial charge in [-0.2, -0.15) is 0 Å². The Morgan fingerprint density at radius 3 is 1.67 bits per heavy atom. The summed E-state index contributed by atoms with van der Waals surface area (Å²) < 4.78 is 6.35. The Labute approximate surface area is 390 Å². The number of furan rings is 1. The van der Waals surface area contributed by atoms with Crippen molar-refractivity contribution in [3.05, 3.63) is 283 Å². The molecule has 0 unspecified atom stereocenters. The molecule has 13 rings (SSSR count). The summed E-state index contributed by atoms with van der Waals surface area (Å²) in [6, 6.07) is 95.2. The van der Waals surface area contributed by atoms with Gasteiger partial charge < -0.3 is 9.32 Å². The third kappa shape index (κ3) is 6.11. The van der Waals surface area contributed by atoms with E-state index in [-0.39, 0.29) is 0 Å². The molecule has 314 valence electrons. The van der Waals surface area contributed by atoms with Crippen LogP contribution in [0.3, 0.4) is 0 Å². The van der Waals surface area contributed by atoms with E-state index in [9.17, 15) is 0 Å². The van der Waals surface area contributed by atoms with E-state index in [1.165, 1.54) is 55.3 Å². The molecule has 2 heteroatoms. The quantitative estimate of drug-likeness (QED) is 0.151. The molecule has 0 bridgehead atoms. The summed E-state index contributed by atoms with van der Waals surface area (Å²) in [6.07, 6.45) is 0. The fourth-order valence-electron chi connectivity index (χ4n) is 11.1. The highest BCUT2D eigenvalue weighted by atomic mass is 16.3. The van der Waals surface area contributed by atoms with E-state index in [0.29, 0.717) is 0 Å². The van der Waals surface area contributed by atoms with Gasteiger partial charge in [-0.25, -0.2) is 0 Å². The van der Waals surface area contributed by atoms with E-state index >= 15 is 0 Å². The first kappa shape index (κ1) is 38.7. The third-order valence-corrected chi connectivity index (χ3v) is 14.0. The Balaban J connectivity index is 1.05. The lowest BCUT2D eigenvalue weighted by atomic mass is 9.68. The Morgan fingerprint density at radius 2 is 0.866 bits per heavy atom. The van der Waals surface area contributed by atoms with E-state index in [4.69, 9.17) is 4.42 Å². The maximum Gasteiger partial charge on any atom is 0.136 e. The average Bonchev–Trinajstić information content (AvgIpc) is 3.94. The van der Waals surface area contributed by atoms with E-state index in [1.807, 2.05) is 6.07 Å². The van der Waals surface area contributed by atoms with Gasteiger partial charge >= 0.3 is 0 Å². The summed E-state index contributed by atoms with van der Waals surface area (Å²) in [5.74, 6) is 0. The number of benzene rings is 11. The van der Waals surface area contributed by atoms with E-state index in [1.54, 1.807) is 0 Å². The minimum atomic E-state index is -0.543. The molecule has 0 spiro atoms. The van der Waals surface area contributed by atoms with Crippen molar-refractivity contribution in [2.75, 3.05) is 4.90 Å². The van der Waals surface area contributed by atoms with Crippen molar-refractivity contribution in [3.8, 4) is 44.5 Å². The molecule has 67 heavy (non-hydrogen) atoms. The molecule has 0 fully saturated rings. The second-order valence-corrected chi connectivity index (χ2v) is 17.5. The SMILES string of the molecule is c1ccc(C2(c3ccccc3)c3ccccc3-c3c(N(c4ccc(-c5cccc6oc7ccccc7c56)cc4)c4ccccc4-c4cccc(-c5cccc6ccccc56)c4)cccc32)cc1. The van der Waals surface area contributed by atoms with Crippen LogP contribution in [0.2, 0.25) is 0 Å². The zero-order valence-electron chi connectivity index (χ0n) is 36.7. The second kappa shape index (κ2) is 15.8. The van der Waals surface area contributed by atoms with Gasteiger partial charge in [0, 0.05) is 27.6 Å². The molecule has 0 saturated carbocycles. The molecule has 11 aromatic carbocycles. The van der Waals surface area contributed by atoms with E-state index < -0.39 is 5.41 Å². The van der Waals surface area contributed by atoms with Crippen LogP contribution in [0.1, 0.15) is 22.3 Å². The summed E-state index contributed by atoms with van der Waals surface area (Å²) in [7, 11) is 0. The van der Waals surface area contributed by atoms with Gasteiger partial charge in [0.2, 0.25) is 0 Å². The number of anilines is 3. The van der Waals surface area contributed by atoms with Crippen LogP contribution >= 0.6 is 0 Å². The molecule has 0 aliphatic heterocycles. The molecule has 1 aliphatic rings. The fraction of sp³-hybridized carbons (Fsp3) is 0.0154. The molecular weight excluding hydrogens is 811 g/mol. The average molecular weight is 854 g/mol. The van der Waals surface area contributed by atoms with Gasteiger partial charge in [0.1, 0.15) is 11.2 Å². The first-order valence-corrected chi connectivity index (χ1v) is 23.1. The molecule has 0 N–H and O–H groups in total. The molecular formula is C65H43NO. The molecule has 0 amide bonds. The van der Waals surface area contributed by atoms with E-state index in [2.05, 4.69) is 260 Å². The highest BCUT2D eigenvalue weighted by Gasteiger charge is 2.47. The summed E-state index contributed by atoms with van der Waals surface area (Å²) in [5.41, 5.74) is 19.0. The van der Waals surface area contributed by atoms with Crippen LogP contribution in [0.4, 0.5) is 17.1 Å². The number of fused-ring (bicyclic) bond motifs is 7. The van der Waals surface area contributed by atoms with E-state index in [0.717, 1.165) is 61.3 Å². The molecule has 1 heterocycles. The second-order valence-electron chi connectivity index (χ2n) is 17.5. The first-order chi connectivity index (χ1) is 33.3. The first-order valence-electron chi connectivity index (χ1n) is 23.1. The van der Waals surface area contributed by atoms with Gasteiger partial charge in [0.05, 0.1) is 16.8 Å². The van der Waals surface area contributed by atoms with Gasteiger partial charge in [-0.15, -0.1) is 0 Å². The Morgan fingerprint density at radius 1 is 0.328 bits per heavy atom. The minimum Gasteiger partial charge on any atom is -0.456 e. The van der Waals surface area contributed by atoms with Gasteiger partial charge in [-0.3, -0.25) is 0 Å². The number of nitrogens with zero attached hydrogens (tertiary/aromatic N) is 1. The molecule has 1 aromatic heterocycles. The van der Waals surface area contributed by atoms with Crippen LogP contribution in [-0.2, 0) is 5.41 Å². The normalized spacial score (nSPS) is 12.6. The molecule has 1 aliphatic carbocycles. The van der Waals surface area contributed by atoms with Crippen LogP contribution in [0.25, 0.3) is 77.2 Å². The largest absolute Gasteiger partial charge is 0.456 e. The molecule has 2 nitrogen and oxygen atoms in total. The van der Waals surface area contributed by atoms with Gasteiger partial charge in [0.25, 0.3) is 0 Å². The van der Waals surface area contributed by atoms with Crippen molar-refractivity contribution in [2.45, 2.75) is 5.41 Å². The van der Waals surface area contributed by atoms with Crippen molar-refractivity contribution in [1.82, 2.24) is 0 Å². The van der Waals surface area contributed by atoms with Crippen LogP contribution in [0, 0.1) is 0 Å². The predicted octanol–water partition coefficient (Wildman–Crippen LogP) is 17.6. The lowest BCUT2D eigenvalue weighted by molar-refractivity contribution is 0.669. The van der Waals surface area contributed by atoms with Crippen LogP contribution in [0.15, 0.2) is 265 Å². The number of hydrogen-bond donors (Lipinski definition) is 0. The zero-order chi connectivity index (χ0) is 44.3. The Bertz CT molecular complexity index is 3760.